The maximum Gasteiger partial charge on any atom is 0.274 e. The van der Waals surface area contributed by atoms with Gasteiger partial charge in [0.15, 0.2) is 5.82 Å². The summed E-state index contributed by atoms with van der Waals surface area (Å²) >= 11 is 0. The van der Waals surface area contributed by atoms with Crippen LogP contribution >= 0.6 is 0 Å². The summed E-state index contributed by atoms with van der Waals surface area (Å²) in [4.78, 5) is 26.0. The van der Waals surface area contributed by atoms with Gasteiger partial charge in [-0.25, -0.2) is 4.39 Å². The molecule has 0 unspecified atom stereocenters. The van der Waals surface area contributed by atoms with E-state index in [4.69, 9.17) is 0 Å². The van der Waals surface area contributed by atoms with Gasteiger partial charge in [0.25, 0.3) is 11.5 Å². The number of para-hydroxylation sites is 1. The molecule has 0 atom stereocenters. The molecule has 128 valence electrons. The molecule has 0 aliphatic heterocycles. The number of amides is 1. The van der Waals surface area contributed by atoms with E-state index in [0.29, 0.717) is 5.82 Å². The Bertz CT molecular complexity index is 981. The van der Waals surface area contributed by atoms with Crippen LogP contribution in [0.25, 0.3) is 5.69 Å². The molecule has 3 rings (SSSR count). The number of hydrogen-bond acceptors (Lipinski definition) is 5. The van der Waals surface area contributed by atoms with Crippen molar-refractivity contribution in [1.82, 2.24) is 29.4 Å². The monoisotopic (exact) mass is 342 g/mol. The first-order chi connectivity index (χ1) is 12.0. The van der Waals surface area contributed by atoms with Crippen LogP contribution in [0, 0.1) is 5.82 Å². The summed E-state index contributed by atoms with van der Waals surface area (Å²) in [5, 5.41) is 11.7. The topological polar surface area (TPSA) is 85.9 Å². The van der Waals surface area contributed by atoms with Gasteiger partial charge in [-0.2, -0.15) is 9.78 Å². The molecule has 2 heterocycles. The minimum Gasteiger partial charge on any atom is -0.333 e. The Labute approximate surface area is 142 Å². The molecule has 0 N–H and O–H groups in total. The highest BCUT2D eigenvalue weighted by Crippen LogP contribution is 2.10. The van der Waals surface area contributed by atoms with E-state index in [2.05, 4.69) is 15.3 Å². The van der Waals surface area contributed by atoms with Crippen molar-refractivity contribution < 1.29 is 9.18 Å². The lowest BCUT2D eigenvalue weighted by Crippen LogP contribution is -2.31. The summed E-state index contributed by atoms with van der Waals surface area (Å²) in [6.45, 7) is 0.218. The van der Waals surface area contributed by atoms with Crippen LogP contribution in [-0.2, 0) is 13.6 Å². The van der Waals surface area contributed by atoms with Crippen molar-refractivity contribution in [2.45, 2.75) is 6.54 Å². The van der Waals surface area contributed by atoms with Crippen LogP contribution in [0.15, 0.2) is 47.5 Å². The first-order valence-corrected chi connectivity index (χ1v) is 7.41. The number of carbonyl (C=O) groups is 1. The summed E-state index contributed by atoms with van der Waals surface area (Å²) in [7, 11) is 3.35. The van der Waals surface area contributed by atoms with Crippen LogP contribution in [0.1, 0.15) is 16.3 Å². The van der Waals surface area contributed by atoms with Gasteiger partial charge in [-0.05, 0) is 18.2 Å². The molecule has 0 spiro atoms. The SMILES string of the molecule is CN(Cc1nncn1C)C(=O)c1ccc(=O)n(-c2ccccc2F)n1. The highest BCUT2D eigenvalue weighted by molar-refractivity contribution is 5.91. The summed E-state index contributed by atoms with van der Waals surface area (Å²) in [5.41, 5.74) is -0.525. The summed E-state index contributed by atoms with van der Waals surface area (Å²) < 4.78 is 16.5. The molecule has 0 bridgehead atoms. The summed E-state index contributed by atoms with van der Waals surface area (Å²) in [6, 6.07) is 8.23. The first-order valence-electron chi connectivity index (χ1n) is 7.41. The Morgan fingerprint density at radius 2 is 2.00 bits per heavy atom. The minimum absolute atomic E-state index is 0.0156. The number of rotatable bonds is 4. The van der Waals surface area contributed by atoms with Crippen molar-refractivity contribution in [1.29, 1.82) is 0 Å². The van der Waals surface area contributed by atoms with Crippen LogP contribution in [0.3, 0.4) is 0 Å². The third kappa shape index (κ3) is 3.30. The molecule has 0 saturated carbocycles. The lowest BCUT2D eigenvalue weighted by molar-refractivity contribution is 0.0772. The molecule has 0 aliphatic rings. The molecule has 1 amide bonds. The van der Waals surface area contributed by atoms with Gasteiger partial charge in [0.05, 0.1) is 6.54 Å². The minimum atomic E-state index is -0.603. The highest BCUT2D eigenvalue weighted by Gasteiger charge is 2.18. The van der Waals surface area contributed by atoms with E-state index in [9.17, 15) is 14.0 Å². The fourth-order valence-electron chi connectivity index (χ4n) is 2.25. The van der Waals surface area contributed by atoms with Gasteiger partial charge in [0.1, 0.15) is 23.5 Å². The third-order valence-corrected chi connectivity index (χ3v) is 3.63. The Morgan fingerprint density at radius 1 is 1.24 bits per heavy atom. The number of aryl methyl sites for hydroxylation is 1. The van der Waals surface area contributed by atoms with Crippen LogP contribution < -0.4 is 5.56 Å². The lowest BCUT2D eigenvalue weighted by Gasteiger charge is -2.16. The number of nitrogens with zero attached hydrogens (tertiary/aromatic N) is 6. The second-order valence-electron chi connectivity index (χ2n) is 5.44. The smallest absolute Gasteiger partial charge is 0.274 e. The fraction of sp³-hybridized carbons (Fsp3) is 0.188. The van der Waals surface area contributed by atoms with E-state index < -0.39 is 17.3 Å². The Morgan fingerprint density at radius 3 is 2.68 bits per heavy atom. The van der Waals surface area contributed by atoms with E-state index in [1.807, 2.05) is 0 Å². The highest BCUT2D eigenvalue weighted by atomic mass is 19.1. The zero-order valence-corrected chi connectivity index (χ0v) is 13.6. The standard InChI is InChI=1S/C16H15FN6O2/c1-21(9-14-19-18-10-22(14)2)16(25)12-7-8-15(24)23(20-12)13-6-4-3-5-11(13)17/h3-8,10H,9H2,1-2H3. The van der Waals surface area contributed by atoms with Crippen LogP contribution in [0.5, 0.6) is 0 Å². The summed E-state index contributed by atoms with van der Waals surface area (Å²) in [6.07, 6.45) is 1.53. The van der Waals surface area contributed by atoms with Crippen LogP contribution in [-0.4, -0.2) is 42.4 Å². The first kappa shape index (κ1) is 16.5. The Kier molecular flexibility index (Phi) is 4.38. The van der Waals surface area contributed by atoms with Crippen molar-refractivity contribution >= 4 is 5.91 Å². The average molecular weight is 342 g/mol. The summed E-state index contributed by atoms with van der Waals surface area (Å²) in [5.74, 6) is -0.430. The Hall–Kier alpha value is -3.36. The van der Waals surface area contributed by atoms with Crippen LogP contribution in [0.2, 0.25) is 0 Å². The third-order valence-electron chi connectivity index (χ3n) is 3.63. The molecule has 25 heavy (non-hydrogen) atoms. The Balaban J connectivity index is 1.91. The van der Waals surface area contributed by atoms with Crippen molar-refractivity contribution in [3.8, 4) is 5.69 Å². The second-order valence-corrected chi connectivity index (χ2v) is 5.44. The van der Waals surface area contributed by atoms with Gasteiger partial charge in [0, 0.05) is 20.2 Å². The number of halogens is 1. The van der Waals surface area contributed by atoms with E-state index in [1.54, 1.807) is 24.7 Å². The second kappa shape index (κ2) is 6.63. The molecule has 1 aromatic carbocycles. The zero-order chi connectivity index (χ0) is 18.0. The molecule has 0 radical (unpaired) electrons. The predicted molar refractivity (Wildman–Crippen MR) is 86.6 cm³/mol. The zero-order valence-electron chi connectivity index (χ0n) is 13.6. The molecule has 0 saturated heterocycles. The maximum absolute atomic E-state index is 13.9. The largest absolute Gasteiger partial charge is 0.333 e. The van der Waals surface area contributed by atoms with Gasteiger partial charge >= 0.3 is 0 Å². The molecule has 3 aromatic rings. The van der Waals surface area contributed by atoms with Gasteiger partial charge in [0.2, 0.25) is 0 Å². The molecule has 0 aliphatic carbocycles. The van der Waals surface area contributed by atoms with Crippen LogP contribution in [0.4, 0.5) is 4.39 Å². The molecule has 8 nitrogen and oxygen atoms in total. The molecule has 2 aromatic heterocycles. The number of hydrogen-bond donors (Lipinski definition) is 0. The fourth-order valence-corrected chi connectivity index (χ4v) is 2.25. The van der Waals surface area contributed by atoms with Crippen molar-refractivity contribution in [2.24, 2.45) is 7.05 Å². The van der Waals surface area contributed by atoms with E-state index in [-0.39, 0.29) is 17.9 Å². The number of aromatic nitrogens is 5. The van der Waals surface area contributed by atoms with Gasteiger partial charge in [-0.1, -0.05) is 12.1 Å². The number of benzene rings is 1. The van der Waals surface area contributed by atoms with E-state index >= 15 is 0 Å². The van der Waals surface area contributed by atoms with Gasteiger partial charge in [-0.3, -0.25) is 9.59 Å². The molecule has 9 heteroatoms. The van der Waals surface area contributed by atoms with E-state index in [0.717, 1.165) is 4.68 Å². The van der Waals surface area contributed by atoms with Gasteiger partial charge in [-0.15, -0.1) is 10.2 Å². The quantitative estimate of drug-likeness (QED) is 0.699. The van der Waals surface area contributed by atoms with Crippen molar-refractivity contribution in [3.63, 3.8) is 0 Å². The molecular formula is C16H15FN6O2. The molecular weight excluding hydrogens is 327 g/mol. The normalized spacial score (nSPS) is 10.7. The molecule has 0 fully saturated rings. The van der Waals surface area contributed by atoms with Gasteiger partial charge < -0.3 is 9.47 Å². The maximum atomic E-state index is 13.9. The van der Waals surface area contributed by atoms with Crippen molar-refractivity contribution in [3.05, 3.63) is 70.4 Å². The van der Waals surface area contributed by atoms with E-state index in [1.165, 1.54) is 41.6 Å². The predicted octanol–water partition coefficient (Wildman–Crippen LogP) is 0.772. The lowest BCUT2D eigenvalue weighted by atomic mass is 10.3. The number of carbonyl (C=O) groups excluding carboxylic acids is 1. The average Bonchev–Trinajstić information content (AvgIpc) is 3.00. The van der Waals surface area contributed by atoms with Crippen molar-refractivity contribution in [2.75, 3.05) is 7.05 Å².